The molecule has 1 atom stereocenters. The van der Waals surface area contributed by atoms with Crippen molar-refractivity contribution in [2.45, 2.75) is 169 Å². The summed E-state index contributed by atoms with van der Waals surface area (Å²) in [4.78, 5) is 32.2. The normalized spacial score (nSPS) is 16.7. The summed E-state index contributed by atoms with van der Waals surface area (Å²) in [7, 11) is 0. The maximum Gasteiger partial charge on any atom is 0.417 e. The number of carbonyl (C=O) groups is 2. The summed E-state index contributed by atoms with van der Waals surface area (Å²) in [6.45, 7) is 12.4. The van der Waals surface area contributed by atoms with E-state index in [2.05, 4.69) is 23.2 Å². The predicted octanol–water partition coefficient (Wildman–Crippen LogP) is 11.5. The molecule has 1 amide bonds. The van der Waals surface area contributed by atoms with E-state index >= 15 is 0 Å². The number of benzene rings is 2. The highest BCUT2D eigenvalue weighted by molar-refractivity contribution is 7.80. The summed E-state index contributed by atoms with van der Waals surface area (Å²) in [5.74, 6) is -0.131. The zero-order valence-electron chi connectivity index (χ0n) is 34.8. The Hall–Kier alpha value is -3.50. The number of nitrogens with zero attached hydrogens (tertiary/aromatic N) is 2. The fourth-order valence-corrected chi connectivity index (χ4v) is 8.19. The highest BCUT2D eigenvalue weighted by Gasteiger charge is 2.44. The van der Waals surface area contributed by atoms with Crippen LogP contribution in [0.2, 0.25) is 0 Å². The van der Waals surface area contributed by atoms with Gasteiger partial charge in [-0.1, -0.05) is 115 Å². The minimum Gasteiger partial charge on any atom is -0.493 e. The molecule has 8 nitrogen and oxygen atoms in total. The van der Waals surface area contributed by atoms with Gasteiger partial charge in [-0.15, -0.1) is 0 Å². The van der Waals surface area contributed by atoms with E-state index in [-0.39, 0.29) is 23.1 Å². The molecule has 1 unspecified atom stereocenters. The van der Waals surface area contributed by atoms with Crippen LogP contribution in [0.25, 0.3) is 0 Å². The molecule has 0 spiro atoms. The maximum absolute atomic E-state index is 14.4. The summed E-state index contributed by atoms with van der Waals surface area (Å²) in [6, 6.07) is 11.7. The van der Waals surface area contributed by atoms with E-state index in [0.717, 1.165) is 49.0 Å². The third-order valence-corrected chi connectivity index (χ3v) is 11.1. The number of hydrogen-bond acceptors (Lipinski definition) is 7. The molecule has 1 saturated heterocycles. The number of hydrogen-bond donors (Lipinski definition) is 1. The number of allylic oxidation sites excluding steroid dienone is 1. The number of halogens is 1. The van der Waals surface area contributed by atoms with E-state index in [4.69, 9.17) is 26.4 Å². The first-order valence-corrected chi connectivity index (χ1v) is 22.0. The van der Waals surface area contributed by atoms with E-state index in [0.29, 0.717) is 49.4 Å². The van der Waals surface area contributed by atoms with Gasteiger partial charge in [-0.25, -0.2) is 18.9 Å². The van der Waals surface area contributed by atoms with Crippen LogP contribution in [0.1, 0.15) is 160 Å². The van der Waals surface area contributed by atoms with Crippen molar-refractivity contribution in [1.82, 2.24) is 15.1 Å². The number of amides is 1. The van der Waals surface area contributed by atoms with Gasteiger partial charge in [-0.2, -0.15) is 0 Å². The molecular weight excluding hydrogens is 726 g/mol. The van der Waals surface area contributed by atoms with Gasteiger partial charge in [0, 0.05) is 30.9 Å². The van der Waals surface area contributed by atoms with Crippen LogP contribution in [0.3, 0.4) is 0 Å². The fourth-order valence-electron chi connectivity index (χ4n) is 7.89. The van der Waals surface area contributed by atoms with Gasteiger partial charge in [0.15, 0.2) is 5.11 Å². The zero-order valence-corrected chi connectivity index (χ0v) is 35.7. The quantitative estimate of drug-likeness (QED) is 0.0677. The lowest BCUT2D eigenvalue weighted by molar-refractivity contribution is -0.143. The van der Waals surface area contributed by atoms with Crippen LogP contribution in [0.5, 0.6) is 5.75 Å². The summed E-state index contributed by atoms with van der Waals surface area (Å²) in [5.41, 5.74) is 3.79. The van der Waals surface area contributed by atoms with Crippen molar-refractivity contribution >= 4 is 29.4 Å². The Bertz CT molecular complexity index is 1560. The van der Waals surface area contributed by atoms with Crippen molar-refractivity contribution < 1.29 is 28.2 Å². The number of nitrogens with one attached hydrogen (secondary N) is 1. The van der Waals surface area contributed by atoms with Crippen molar-refractivity contribution in [3.63, 3.8) is 0 Å². The van der Waals surface area contributed by atoms with Crippen molar-refractivity contribution in [2.75, 3.05) is 19.7 Å². The topological polar surface area (TPSA) is 80.3 Å². The number of esters is 1. The van der Waals surface area contributed by atoms with Gasteiger partial charge >= 0.3 is 12.1 Å². The molecule has 310 valence electrons. The molecule has 2 heterocycles. The van der Waals surface area contributed by atoms with E-state index in [9.17, 15) is 14.0 Å². The lowest BCUT2D eigenvalue weighted by Crippen LogP contribution is -2.53. The number of ether oxygens (including phenoxy) is 3. The number of piperidine rings is 1. The fraction of sp³-hybridized carbons (Fsp3) is 0.630. The zero-order chi connectivity index (χ0) is 40.3. The standard InChI is InChI=1S/C46H68FN3O5S/c1-6-9-10-11-12-13-14-15-16-17-18-19-20-22-36-23-21-24-40(53-8-3)41(36)43-42(44(51)54-34(4)5)39(7-2)48-45(56)50(43)46(52)55-38-29-31-49(32-30-38)33-35-25-27-37(47)28-26-35/h21,23-28,34,38,43H,6-20,22,29-33H2,1-5H3,(H,48,56). The number of likely N-dealkylation sites (tertiary alicyclic amines) is 1. The van der Waals surface area contributed by atoms with Crippen molar-refractivity contribution in [2.24, 2.45) is 0 Å². The molecule has 0 aromatic heterocycles. The first-order valence-electron chi connectivity index (χ1n) is 21.6. The van der Waals surface area contributed by atoms with Gasteiger partial charge in [-0.3, -0.25) is 4.90 Å². The lowest BCUT2D eigenvalue weighted by Gasteiger charge is -2.40. The van der Waals surface area contributed by atoms with Crippen LogP contribution in [-0.4, -0.2) is 58.9 Å². The smallest absolute Gasteiger partial charge is 0.417 e. The minimum absolute atomic E-state index is 0.185. The van der Waals surface area contributed by atoms with Gasteiger partial charge in [0.2, 0.25) is 0 Å². The second kappa shape index (κ2) is 24.3. The number of unbranched alkanes of at least 4 members (excludes halogenated alkanes) is 12. The highest BCUT2D eigenvalue weighted by Crippen LogP contribution is 2.43. The molecule has 2 aromatic rings. The Kier molecular flexibility index (Phi) is 19.6. The molecule has 56 heavy (non-hydrogen) atoms. The SMILES string of the molecule is CCCCCCCCCCCCCCCc1cccc(OCC)c1C1C(C(=O)OC(C)C)=C(CC)NC(=S)N1C(=O)OC1CCN(Cc2ccc(F)cc2)CC1. The van der Waals surface area contributed by atoms with Crippen LogP contribution in [0.15, 0.2) is 53.7 Å². The largest absolute Gasteiger partial charge is 0.493 e. The molecule has 1 fully saturated rings. The first kappa shape index (κ1) is 45.2. The molecule has 1 N–H and O–H groups in total. The molecule has 0 aliphatic carbocycles. The number of thiocarbonyl (C=S) groups is 1. The third-order valence-electron chi connectivity index (χ3n) is 10.8. The average molecular weight is 794 g/mol. The second-order valence-corrected chi connectivity index (χ2v) is 16.0. The predicted molar refractivity (Wildman–Crippen MR) is 227 cm³/mol. The molecule has 4 rings (SSSR count). The molecule has 0 bridgehead atoms. The summed E-state index contributed by atoms with van der Waals surface area (Å²) >= 11 is 5.92. The highest BCUT2D eigenvalue weighted by atomic mass is 32.1. The van der Waals surface area contributed by atoms with Crippen LogP contribution in [0, 0.1) is 5.82 Å². The van der Waals surface area contributed by atoms with Crippen molar-refractivity contribution in [1.29, 1.82) is 0 Å². The number of rotatable bonds is 23. The Morgan fingerprint density at radius 3 is 2.04 bits per heavy atom. The van der Waals surface area contributed by atoms with E-state index < -0.39 is 18.1 Å². The molecule has 10 heteroatoms. The average Bonchev–Trinajstić information content (AvgIpc) is 3.17. The molecule has 2 aliphatic rings. The summed E-state index contributed by atoms with van der Waals surface area (Å²) in [6.07, 6.45) is 17.8. The first-order chi connectivity index (χ1) is 27.2. The minimum atomic E-state index is -0.893. The molecule has 0 radical (unpaired) electrons. The molecule has 2 aromatic carbocycles. The summed E-state index contributed by atoms with van der Waals surface area (Å²) < 4.78 is 31.8. The van der Waals surface area contributed by atoms with Gasteiger partial charge < -0.3 is 19.5 Å². The Morgan fingerprint density at radius 2 is 1.46 bits per heavy atom. The van der Waals surface area contributed by atoms with Crippen LogP contribution in [-0.2, 0) is 27.2 Å². The third kappa shape index (κ3) is 13.9. The van der Waals surface area contributed by atoms with Crippen LogP contribution < -0.4 is 10.1 Å². The van der Waals surface area contributed by atoms with E-state index in [1.54, 1.807) is 12.1 Å². The van der Waals surface area contributed by atoms with Gasteiger partial charge in [-0.05, 0) is 94.4 Å². The van der Waals surface area contributed by atoms with E-state index in [1.807, 2.05) is 39.8 Å². The van der Waals surface area contributed by atoms with Crippen LogP contribution >= 0.6 is 12.2 Å². The lowest BCUT2D eigenvalue weighted by atomic mass is 9.87. The molecule has 2 aliphatic heterocycles. The van der Waals surface area contributed by atoms with Crippen molar-refractivity contribution in [3.05, 3.63) is 76.2 Å². The van der Waals surface area contributed by atoms with Gasteiger partial charge in [0.05, 0.1) is 18.3 Å². The molecule has 0 saturated carbocycles. The second-order valence-electron chi connectivity index (χ2n) is 15.6. The molecular formula is C46H68FN3O5S. The van der Waals surface area contributed by atoms with Crippen molar-refractivity contribution in [3.8, 4) is 5.75 Å². The Morgan fingerprint density at radius 1 is 0.857 bits per heavy atom. The monoisotopic (exact) mass is 793 g/mol. The van der Waals surface area contributed by atoms with E-state index in [1.165, 1.54) is 87.7 Å². The summed E-state index contributed by atoms with van der Waals surface area (Å²) in [5, 5.41) is 3.39. The van der Waals surface area contributed by atoms with Crippen LogP contribution in [0.4, 0.5) is 9.18 Å². The number of carbonyl (C=O) groups excluding carboxylic acids is 2. The number of aryl methyl sites for hydroxylation is 1. The maximum atomic E-state index is 14.4. The van der Waals surface area contributed by atoms with Gasteiger partial charge in [0.25, 0.3) is 0 Å². The van der Waals surface area contributed by atoms with Gasteiger partial charge in [0.1, 0.15) is 23.7 Å². The Labute approximate surface area is 341 Å². The Balaban J connectivity index is 1.50.